The smallest absolute Gasteiger partial charge is 0.151 e. The zero-order valence-electron chi connectivity index (χ0n) is 23.1. The quantitative estimate of drug-likeness (QED) is 0.160. The fourth-order valence-electron chi connectivity index (χ4n) is 4.80. The monoisotopic (exact) mass is 654 g/mol. The minimum atomic E-state index is -3.01. The molecular formula is C31H32BrFN4O4S. The summed E-state index contributed by atoms with van der Waals surface area (Å²) in [5.74, 6) is 1.24. The van der Waals surface area contributed by atoms with E-state index in [1.54, 1.807) is 19.3 Å². The second-order valence-corrected chi connectivity index (χ2v) is 13.4. The summed E-state index contributed by atoms with van der Waals surface area (Å²) >= 11 is 3.58. The number of sulfone groups is 1. The van der Waals surface area contributed by atoms with Crippen LogP contribution in [0, 0.1) is 5.82 Å². The predicted molar refractivity (Wildman–Crippen MR) is 166 cm³/mol. The van der Waals surface area contributed by atoms with E-state index in [0.717, 1.165) is 32.2 Å². The fourth-order valence-corrected chi connectivity index (χ4v) is 6.04. The Morgan fingerprint density at radius 2 is 1.98 bits per heavy atom. The first kappa shape index (κ1) is 29.9. The van der Waals surface area contributed by atoms with Gasteiger partial charge in [0.2, 0.25) is 0 Å². The van der Waals surface area contributed by atoms with E-state index in [1.807, 2.05) is 42.5 Å². The van der Waals surface area contributed by atoms with Gasteiger partial charge in [-0.2, -0.15) is 0 Å². The lowest BCUT2D eigenvalue weighted by atomic mass is 9.87. The van der Waals surface area contributed by atoms with Crippen LogP contribution in [-0.4, -0.2) is 43.0 Å². The van der Waals surface area contributed by atoms with E-state index < -0.39 is 15.4 Å². The van der Waals surface area contributed by atoms with Gasteiger partial charge in [0.1, 0.15) is 35.9 Å². The van der Waals surface area contributed by atoms with Gasteiger partial charge in [0, 0.05) is 36.2 Å². The fraction of sp³-hybridized carbons (Fsp3) is 0.290. The van der Waals surface area contributed by atoms with E-state index in [4.69, 9.17) is 9.47 Å². The molecule has 0 aliphatic carbocycles. The van der Waals surface area contributed by atoms with Crippen LogP contribution in [0.4, 0.5) is 15.9 Å². The molecule has 42 heavy (non-hydrogen) atoms. The molecule has 0 radical (unpaired) electrons. The minimum absolute atomic E-state index is 0.119. The highest BCUT2D eigenvalue weighted by atomic mass is 79.9. The summed E-state index contributed by atoms with van der Waals surface area (Å²) in [6.45, 7) is 2.92. The van der Waals surface area contributed by atoms with Crippen molar-refractivity contribution in [2.24, 2.45) is 0 Å². The van der Waals surface area contributed by atoms with Gasteiger partial charge in [-0.3, -0.25) is 0 Å². The first-order valence-corrected chi connectivity index (χ1v) is 16.3. The summed E-state index contributed by atoms with van der Waals surface area (Å²) in [4.78, 5) is 8.97. The van der Waals surface area contributed by atoms with Gasteiger partial charge in [0.05, 0.1) is 22.0 Å². The first-order chi connectivity index (χ1) is 20.3. The zero-order chi connectivity index (χ0) is 29.6. The van der Waals surface area contributed by atoms with Crippen LogP contribution in [0.3, 0.4) is 0 Å². The molecule has 3 aromatic carbocycles. The van der Waals surface area contributed by atoms with E-state index in [1.165, 1.54) is 18.5 Å². The summed E-state index contributed by atoms with van der Waals surface area (Å²) in [6.07, 6.45) is 6.61. The van der Waals surface area contributed by atoms with Crippen molar-refractivity contribution < 1.29 is 22.3 Å². The highest BCUT2D eigenvalue weighted by Crippen LogP contribution is 2.40. The Kier molecular flexibility index (Phi) is 9.40. The third kappa shape index (κ3) is 7.26. The number of nitrogens with one attached hydrogen (secondary N) is 2. The molecule has 1 atom stereocenters. The predicted octanol–water partition coefficient (Wildman–Crippen LogP) is 6.40. The van der Waals surface area contributed by atoms with Crippen molar-refractivity contribution >= 4 is 48.2 Å². The maximum Gasteiger partial charge on any atom is 0.151 e. The Morgan fingerprint density at radius 3 is 2.74 bits per heavy atom. The van der Waals surface area contributed by atoms with Gasteiger partial charge in [-0.15, -0.1) is 0 Å². The van der Waals surface area contributed by atoms with Crippen molar-refractivity contribution in [2.75, 3.05) is 29.9 Å². The lowest BCUT2D eigenvalue weighted by Crippen LogP contribution is -2.32. The summed E-state index contributed by atoms with van der Waals surface area (Å²) in [6, 6.07) is 18.0. The molecule has 0 fully saturated rings. The number of anilines is 2. The Morgan fingerprint density at radius 1 is 1.10 bits per heavy atom. The molecule has 1 aromatic heterocycles. The molecule has 4 aromatic rings. The number of fused-ring (bicyclic) bond motifs is 1. The summed E-state index contributed by atoms with van der Waals surface area (Å²) in [7, 11) is -3.01. The molecule has 1 unspecified atom stereocenters. The van der Waals surface area contributed by atoms with Crippen LogP contribution in [0.1, 0.15) is 30.9 Å². The Bertz CT molecular complexity index is 1690. The van der Waals surface area contributed by atoms with E-state index in [0.29, 0.717) is 37.5 Å². The number of nitrogens with zero attached hydrogens (tertiary/aromatic N) is 2. The van der Waals surface area contributed by atoms with Crippen LogP contribution in [-0.2, 0) is 26.8 Å². The van der Waals surface area contributed by atoms with Crippen molar-refractivity contribution in [2.45, 2.75) is 32.0 Å². The normalized spacial score (nSPS) is 16.5. The molecule has 0 amide bonds. The van der Waals surface area contributed by atoms with E-state index in [2.05, 4.69) is 42.6 Å². The maximum atomic E-state index is 13.5. The minimum Gasteiger partial charge on any atom is -0.490 e. The second kappa shape index (κ2) is 13.2. The molecule has 0 bridgehead atoms. The van der Waals surface area contributed by atoms with Gasteiger partial charge in [-0.05, 0) is 82.1 Å². The van der Waals surface area contributed by atoms with Gasteiger partial charge in [-0.1, -0.05) is 25.1 Å². The van der Waals surface area contributed by atoms with Crippen LogP contribution < -0.4 is 15.4 Å². The molecule has 2 heterocycles. The van der Waals surface area contributed by atoms with Crippen LogP contribution in [0.5, 0.6) is 5.75 Å². The topological polar surface area (TPSA) is 102 Å². The van der Waals surface area contributed by atoms with Gasteiger partial charge < -0.3 is 20.1 Å². The number of hydrogen-bond acceptors (Lipinski definition) is 8. The molecule has 220 valence electrons. The maximum absolute atomic E-state index is 13.5. The lowest BCUT2D eigenvalue weighted by molar-refractivity contribution is 0.0329. The van der Waals surface area contributed by atoms with E-state index in [9.17, 15) is 12.8 Å². The number of aromatic nitrogens is 2. The second-order valence-electron chi connectivity index (χ2n) is 10.1. The third-order valence-corrected chi connectivity index (χ3v) is 9.54. The van der Waals surface area contributed by atoms with Crippen molar-refractivity contribution in [1.29, 1.82) is 0 Å². The summed E-state index contributed by atoms with van der Waals surface area (Å²) in [5, 5.41) is 7.49. The summed E-state index contributed by atoms with van der Waals surface area (Å²) in [5.41, 5.74) is 2.75. The van der Waals surface area contributed by atoms with Crippen molar-refractivity contribution in [3.05, 3.63) is 101 Å². The van der Waals surface area contributed by atoms with Crippen LogP contribution >= 0.6 is 15.9 Å². The third-order valence-electron chi connectivity index (χ3n) is 7.21. The van der Waals surface area contributed by atoms with E-state index >= 15 is 0 Å². The van der Waals surface area contributed by atoms with Gasteiger partial charge in [0.25, 0.3) is 0 Å². The van der Waals surface area contributed by atoms with Crippen molar-refractivity contribution in [1.82, 2.24) is 15.3 Å². The Balaban J connectivity index is 1.30. The SMILES string of the molecule is CCS(=O)(=O)CCNCCC1(c2ccc3ncnc(Nc4ccc(OCc5cccc(F)c5)c(Br)c4)c3c2)CC=CO1. The van der Waals surface area contributed by atoms with Crippen molar-refractivity contribution in [3.8, 4) is 5.75 Å². The Labute approximate surface area is 253 Å². The molecule has 0 saturated heterocycles. The molecule has 0 spiro atoms. The average Bonchev–Trinajstić information content (AvgIpc) is 3.47. The number of ether oxygens (including phenoxy) is 2. The highest BCUT2D eigenvalue weighted by Gasteiger charge is 2.35. The molecule has 0 saturated carbocycles. The van der Waals surface area contributed by atoms with E-state index in [-0.39, 0.29) is 23.9 Å². The van der Waals surface area contributed by atoms with Gasteiger partial charge in [0.15, 0.2) is 9.84 Å². The standard InChI is InChI=1S/C31H32BrFN4O4S/c1-2-42(38,39)16-14-34-13-12-31(11-4-15-41-31)23-7-9-28-26(18-23)30(36-21-35-28)37-25-8-10-29(27(32)19-25)40-20-22-5-3-6-24(33)17-22/h3-10,15,17-19,21,34H,2,11-14,16,20H2,1H3,(H,35,36,37). The Hall–Kier alpha value is -3.54. The van der Waals surface area contributed by atoms with Gasteiger partial charge >= 0.3 is 0 Å². The number of halogens is 2. The van der Waals surface area contributed by atoms with Crippen LogP contribution in [0.2, 0.25) is 0 Å². The lowest BCUT2D eigenvalue weighted by Gasteiger charge is -2.30. The molecule has 5 rings (SSSR count). The molecule has 8 nitrogen and oxygen atoms in total. The average molecular weight is 656 g/mol. The molecule has 1 aliphatic heterocycles. The number of rotatable bonds is 13. The zero-order valence-corrected chi connectivity index (χ0v) is 25.5. The number of benzene rings is 3. The molecular weight excluding hydrogens is 623 g/mol. The first-order valence-electron chi connectivity index (χ1n) is 13.7. The highest BCUT2D eigenvalue weighted by molar-refractivity contribution is 9.10. The largest absolute Gasteiger partial charge is 0.490 e. The summed E-state index contributed by atoms with van der Waals surface area (Å²) < 4.78 is 49.9. The number of hydrogen-bond donors (Lipinski definition) is 2. The molecule has 1 aliphatic rings. The molecule has 2 N–H and O–H groups in total. The van der Waals surface area contributed by atoms with Crippen LogP contribution in [0.15, 0.2) is 83.8 Å². The van der Waals surface area contributed by atoms with Gasteiger partial charge in [-0.25, -0.2) is 22.8 Å². The van der Waals surface area contributed by atoms with Crippen LogP contribution in [0.25, 0.3) is 10.9 Å². The molecule has 11 heteroatoms. The van der Waals surface area contributed by atoms with Crippen molar-refractivity contribution in [3.63, 3.8) is 0 Å².